The number of hydrogen-bond acceptors (Lipinski definition) is 3. The van der Waals surface area contributed by atoms with Crippen molar-refractivity contribution in [1.29, 1.82) is 0 Å². The molecule has 3 nitrogen and oxygen atoms in total. The van der Waals surface area contributed by atoms with Crippen molar-refractivity contribution in [2.24, 2.45) is 0 Å². The van der Waals surface area contributed by atoms with E-state index in [1.54, 1.807) is 11.0 Å². The third kappa shape index (κ3) is 1.37. The minimum absolute atomic E-state index is 0.0155. The molecule has 3 heterocycles. The first kappa shape index (κ1) is 10.7. The highest BCUT2D eigenvalue weighted by Gasteiger charge is 2.35. The lowest BCUT2D eigenvalue weighted by Crippen LogP contribution is -2.21. The third-order valence-electron chi connectivity index (χ3n) is 3.55. The number of carbonyl (C=O) groups excluding carboxylic acids is 2. The standard InChI is InChI=1S/C15H9NO2S/c17-13-7-12-9-3-1-2-4-10(9)15(18)16(12)8-14-11(13)5-6-19-14/h1-7H,8H2. The Hall–Kier alpha value is -2.20. The predicted octanol–water partition coefficient (Wildman–Crippen LogP) is 2.94. The number of carbonyl (C=O) groups is 2. The lowest BCUT2D eigenvalue weighted by Gasteiger charge is -2.15. The van der Waals surface area contributed by atoms with Gasteiger partial charge in [0.25, 0.3) is 5.91 Å². The molecule has 4 heteroatoms. The van der Waals surface area contributed by atoms with Crippen LogP contribution in [0.4, 0.5) is 0 Å². The molecule has 0 bridgehead atoms. The largest absolute Gasteiger partial charge is 0.302 e. The highest BCUT2D eigenvalue weighted by atomic mass is 32.1. The number of amides is 1. The van der Waals surface area contributed by atoms with Gasteiger partial charge < -0.3 is 4.90 Å². The zero-order valence-electron chi connectivity index (χ0n) is 9.92. The summed E-state index contributed by atoms with van der Waals surface area (Å²) in [4.78, 5) is 27.3. The Labute approximate surface area is 113 Å². The minimum Gasteiger partial charge on any atom is -0.302 e. The highest BCUT2D eigenvalue weighted by Crippen LogP contribution is 2.37. The van der Waals surface area contributed by atoms with Crippen LogP contribution in [0.1, 0.15) is 31.2 Å². The van der Waals surface area contributed by atoms with Crippen molar-refractivity contribution in [3.8, 4) is 0 Å². The Morgan fingerprint density at radius 3 is 2.63 bits per heavy atom. The lowest BCUT2D eigenvalue weighted by molar-refractivity contribution is 0.0844. The second-order valence-corrected chi connectivity index (χ2v) is 5.59. The fourth-order valence-corrected chi connectivity index (χ4v) is 3.50. The zero-order valence-corrected chi connectivity index (χ0v) is 10.7. The van der Waals surface area contributed by atoms with Crippen molar-refractivity contribution in [2.45, 2.75) is 6.54 Å². The number of hydrogen-bond donors (Lipinski definition) is 0. The van der Waals surface area contributed by atoms with E-state index in [0.29, 0.717) is 12.1 Å². The molecule has 1 amide bonds. The van der Waals surface area contributed by atoms with Gasteiger partial charge in [0.05, 0.1) is 12.2 Å². The van der Waals surface area contributed by atoms with Gasteiger partial charge in [-0.05, 0) is 17.5 Å². The van der Waals surface area contributed by atoms with Crippen LogP contribution >= 0.6 is 11.3 Å². The Morgan fingerprint density at radius 1 is 1.00 bits per heavy atom. The fourth-order valence-electron chi connectivity index (χ4n) is 2.63. The quantitative estimate of drug-likeness (QED) is 0.736. The van der Waals surface area contributed by atoms with Gasteiger partial charge in [0.1, 0.15) is 0 Å². The molecule has 92 valence electrons. The van der Waals surface area contributed by atoms with Crippen LogP contribution in [0.2, 0.25) is 0 Å². The van der Waals surface area contributed by atoms with Crippen molar-refractivity contribution in [3.05, 3.63) is 63.4 Å². The van der Waals surface area contributed by atoms with E-state index in [-0.39, 0.29) is 11.7 Å². The molecule has 0 saturated heterocycles. The molecule has 1 aromatic heterocycles. The molecule has 0 N–H and O–H groups in total. The normalized spacial score (nSPS) is 16.6. The number of rotatable bonds is 0. The van der Waals surface area contributed by atoms with Gasteiger partial charge in [-0.2, -0.15) is 0 Å². The molecular weight excluding hydrogens is 258 g/mol. The van der Waals surface area contributed by atoms with E-state index < -0.39 is 0 Å². The molecule has 19 heavy (non-hydrogen) atoms. The lowest BCUT2D eigenvalue weighted by atomic mass is 10.1. The summed E-state index contributed by atoms with van der Waals surface area (Å²) >= 11 is 1.52. The van der Waals surface area contributed by atoms with Gasteiger partial charge in [-0.3, -0.25) is 9.59 Å². The summed E-state index contributed by atoms with van der Waals surface area (Å²) in [6.07, 6.45) is 1.59. The van der Waals surface area contributed by atoms with Crippen LogP contribution in [0.15, 0.2) is 41.8 Å². The van der Waals surface area contributed by atoms with Crippen LogP contribution in [0.25, 0.3) is 5.70 Å². The van der Waals surface area contributed by atoms with E-state index in [4.69, 9.17) is 0 Å². The smallest absolute Gasteiger partial charge is 0.259 e. The maximum Gasteiger partial charge on any atom is 0.259 e. The Bertz CT molecular complexity index is 757. The second kappa shape index (κ2) is 3.65. The molecule has 0 unspecified atom stereocenters. The molecule has 0 aliphatic carbocycles. The van der Waals surface area contributed by atoms with Crippen LogP contribution in [-0.2, 0) is 6.54 Å². The zero-order chi connectivity index (χ0) is 13.0. The number of nitrogens with zero attached hydrogens (tertiary/aromatic N) is 1. The number of benzene rings is 1. The van der Waals surface area contributed by atoms with E-state index >= 15 is 0 Å². The van der Waals surface area contributed by atoms with Gasteiger partial charge in [-0.25, -0.2) is 0 Å². The van der Waals surface area contributed by atoms with E-state index in [2.05, 4.69) is 0 Å². The van der Waals surface area contributed by atoms with Crippen LogP contribution in [0.3, 0.4) is 0 Å². The second-order valence-electron chi connectivity index (χ2n) is 4.59. The monoisotopic (exact) mass is 267 g/mol. The Morgan fingerprint density at radius 2 is 1.79 bits per heavy atom. The van der Waals surface area contributed by atoms with Gasteiger partial charge in [0.2, 0.25) is 0 Å². The first-order valence-electron chi connectivity index (χ1n) is 5.99. The maximum absolute atomic E-state index is 12.4. The maximum atomic E-state index is 12.4. The molecule has 2 aromatic rings. The molecule has 4 rings (SSSR count). The van der Waals surface area contributed by atoms with E-state index in [9.17, 15) is 9.59 Å². The van der Waals surface area contributed by atoms with Gasteiger partial charge in [0.15, 0.2) is 5.78 Å². The Kier molecular flexibility index (Phi) is 2.05. The summed E-state index contributed by atoms with van der Waals surface area (Å²) in [7, 11) is 0. The number of thiophene rings is 1. The van der Waals surface area contributed by atoms with Crippen LogP contribution in [-0.4, -0.2) is 16.6 Å². The third-order valence-corrected chi connectivity index (χ3v) is 4.46. The molecule has 0 radical (unpaired) electrons. The SMILES string of the molecule is O=C1C=C2c3ccccc3C(=O)N2Cc2sccc21. The molecule has 0 saturated carbocycles. The molecule has 2 aliphatic heterocycles. The van der Waals surface area contributed by atoms with E-state index in [0.717, 1.165) is 21.7 Å². The summed E-state index contributed by atoms with van der Waals surface area (Å²) in [5.74, 6) is -0.0332. The number of ketones is 1. The molecule has 0 atom stereocenters. The molecule has 0 spiro atoms. The minimum atomic E-state index is -0.0177. The Balaban J connectivity index is 1.96. The van der Waals surface area contributed by atoms with E-state index in [1.807, 2.05) is 35.7 Å². The first-order chi connectivity index (χ1) is 9.25. The first-order valence-corrected chi connectivity index (χ1v) is 6.87. The topological polar surface area (TPSA) is 37.4 Å². The summed E-state index contributed by atoms with van der Waals surface area (Å²) in [5, 5.41) is 1.90. The number of allylic oxidation sites excluding steroid dienone is 1. The average molecular weight is 267 g/mol. The van der Waals surface area contributed by atoms with Crippen molar-refractivity contribution < 1.29 is 9.59 Å². The molecular formula is C15H9NO2S. The summed E-state index contributed by atoms with van der Waals surface area (Å²) in [6.45, 7) is 0.484. The predicted molar refractivity (Wildman–Crippen MR) is 72.9 cm³/mol. The van der Waals surface area contributed by atoms with Crippen molar-refractivity contribution in [2.75, 3.05) is 0 Å². The summed E-state index contributed by atoms with van der Waals surface area (Å²) in [5.41, 5.74) is 2.99. The van der Waals surface area contributed by atoms with Gasteiger partial charge in [-0.15, -0.1) is 11.3 Å². The van der Waals surface area contributed by atoms with Crippen LogP contribution < -0.4 is 0 Å². The van der Waals surface area contributed by atoms with Crippen LogP contribution in [0, 0.1) is 0 Å². The summed E-state index contributed by atoms with van der Waals surface area (Å²) < 4.78 is 0. The van der Waals surface area contributed by atoms with Crippen LogP contribution in [0.5, 0.6) is 0 Å². The van der Waals surface area contributed by atoms with Crippen molar-refractivity contribution in [1.82, 2.24) is 4.90 Å². The summed E-state index contributed by atoms with van der Waals surface area (Å²) in [6, 6.07) is 9.28. The van der Waals surface area contributed by atoms with Gasteiger partial charge in [0, 0.05) is 27.6 Å². The highest BCUT2D eigenvalue weighted by molar-refractivity contribution is 7.10. The van der Waals surface area contributed by atoms with Crippen molar-refractivity contribution >= 4 is 28.7 Å². The van der Waals surface area contributed by atoms with Gasteiger partial charge >= 0.3 is 0 Å². The average Bonchev–Trinajstić information content (AvgIpc) is 2.95. The fraction of sp³-hybridized carbons (Fsp3) is 0.0667. The van der Waals surface area contributed by atoms with E-state index in [1.165, 1.54) is 11.3 Å². The van der Waals surface area contributed by atoms with Gasteiger partial charge in [-0.1, -0.05) is 18.2 Å². The molecule has 0 fully saturated rings. The van der Waals surface area contributed by atoms with Crippen molar-refractivity contribution in [3.63, 3.8) is 0 Å². The molecule has 2 aliphatic rings. The molecule has 1 aromatic carbocycles. The number of fused-ring (bicyclic) bond motifs is 4.